The maximum absolute atomic E-state index is 12.7. The van der Waals surface area contributed by atoms with Gasteiger partial charge in [-0.15, -0.1) is 0 Å². The molecule has 32 heavy (non-hydrogen) atoms. The molecule has 1 saturated carbocycles. The van der Waals surface area contributed by atoms with Crippen molar-refractivity contribution >= 4 is 52.5 Å². The molecular formula is C24H26ClN3O3S. The standard InChI is InChI=1S/C24H26ClN3O3S/c1-31-21-10-6-5-7-16(21)11-14-22(29)28-24(32)27-18-12-13-20(25)19(15-18)23(30)26-17-8-3-2-4-9-17/h5-7,10-15,17H,2-4,8-9H2,1H3,(H,26,30)(H2,27,28,29,32)/b14-11+. The summed E-state index contributed by atoms with van der Waals surface area (Å²) in [6.07, 6.45) is 8.45. The van der Waals surface area contributed by atoms with Crippen LogP contribution in [0.3, 0.4) is 0 Å². The van der Waals surface area contributed by atoms with Crippen LogP contribution < -0.4 is 20.7 Å². The number of amides is 2. The highest BCUT2D eigenvalue weighted by Gasteiger charge is 2.18. The monoisotopic (exact) mass is 471 g/mol. The van der Waals surface area contributed by atoms with Gasteiger partial charge in [0.05, 0.1) is 17.7 Å². The lowest BCUT2D eigenvalue weighted by molar-refractivity contribution is -0.115. The third-order valence-electron chi connectivity index (χ3n) is 5.20. The van der Waals surface area contributed by atoms with E-state index < -0.39 is 5.91 Å². The van der Waals surface area contributed by atoms with E-state index in [-0.39, 0.29) is 17.1 Å². The van der Waals surface area contributed by atoms with Gasteiger partial charge in [0.15, 0.2) is 5.11 Å². The fourth-order valence-corrected chi connectivity index (χ4v) is 3.99. The number of rotatable bonds is 6. The summed E-state index contributed by atoms with van der Waals surface area (Å²) in [5, 5.41) is 9.04. The van der Waals surface area contributed by atoms with Crippen molar-refractivity contribution in [1.29, 1.82) is 0 Å². The van der Waals surface area contributed by atoms with Crippen molar-refractivity contribution in [2.45, 2.75) is 38.1 Å². The summed E-state index contributed by atoms with van der Waals surface area (Å²) in [5.74, 6) is 0.0651. The predicted molar refractivity (Wildman–Crippen MR) is 132 cm³/mol. The molecule has 1 fully saturated rings. The quantitative estimate of drug-likeness (QED) is 0.411. The van der Waals surface area contributed by atoms with Crippen LogP contribution in [0.4, 0.5) is 5.69 Å². The predicted octanol–water partition coefficient (Wildman–Crippen LogP) is 4.94. The van der Waals surface area contributed by atoms with Crippen molar-refractivity contribution in [3.63, 3.8) is 0 Å². The molecule has 1 aliphatic rings. The highest BCUT2D eigenvalue weighted by atomic mass is 35.5. The zero-order valence-corrected chi connectivity index (χ0v) is 19.4. The Morgan fingerprint density at radius 2 is 1.88 bits per heavy atom. The summed E-state index contributed by atoms with van der Waals surface area (Å²) < 4.78 is 5.26. The highest BCUT2D eigenvalue weighted by molar-refractivity contribution is 7.80. The molecule has 3 N–H and O–H groups in total. The number of halogens is 1. The average molecular weight is 472 g/mol. The van der Waals surface area contributed by atoms with Crippen LogP contribution in [0.2, 0.25) is 5.02 Å². The Balaban J connectivity index is 1.58. The molecule has 0 unspecified atom stereocenters. The Kier molecular flexibility index (Phi) is 8.64. The molecule has 0 spiro atoms. The molecule has 0 bridgehead atoms. The fourth-order valence-electron chi connectivity index (χ4n) is 3.57. The summed E-state index contributed by atoms with van der Waals surface area (Å²) in [7, 11) is 1.57. The fraction of sp³-hybridized carbons (Fsp3) is 0.292. The van der Waals surface area contributed by atoms with Crippen LogP contribution in [0.25, 0.3) is 6.08 Å². The van der Waals surface area contributed by atoms with E-state index in [1.165, 1.54) is 12.5 Å². The minimum Gasteiger partial charge on any atom is -0.496 e. The molecule has 168 valence electrons. The van der Waals surface area contributed by atoms with E-state index in [9.17, 15) is 9.59 Å². The number of carbonyl (C=O) groups excluding carboxylic acids is 2. The number of ether oxygens (including phenoxy) is 1. The number of anilines is 1. The second-order valence-electron chi connectivity index (χ2n) is 7.52. The Morgan fingerprint density at radius 1 is 1.12 bits per heavy atom. The summed E-state index contributed by atoms with van der Waals surface area (Å²) in [6.45, 7) is 0. The number of methoxy groups -OCH3 is 1. The molecular weight excluding hydrogens is 446 g/mol. The molecule has 6 nitrogen and oxygen atoms in total. The first-order chi connectivity index (χ1) is 15.5. The molecule has 2 aromatic rings. The summed E-state index contributed by atoms with van der Waals surface area (Å²) in [6, 6.07) is 12.5. The van der Waals surface area contributed by atoms with Gasteiger partial charge in [-0.2, -0.15) is 0 Å². The van der Waals surface area contributed by atoms with Crippen molar-refractivity contribution in [2.24, 2.45) is 0 Å². The van der Waals surface area contributed by atoms with Crippen LogP contribution in [0, 0.1) is 0 Å². The Labute approximate surface area is 198 Å². The van der Waals surface area contributed by atoms with Crippen LogP contribution in [0.1, 0.15) is 48.0 Å². The number of thiocarbonyl (C=S) groups is 1. The summed E-state index contributed by atoms with van der Waals surface area (Å²) >= 11 is 11.5. The molecule has 0 heterocycles. The Morgan fingerprint density at radius 3 is 2.62 bits per heavy atom. The van der Waals surface area contributed by atoms with Crippen LogP contribution >= 0.6 is 23.8 Å². The topological polar surface area (TPSA) is 79.5 Å². The Bertz CT molecular complexity index is 1020. The van der Waals surface area contributed by atoms with Gasteiger partial charge < -0.3 is 15.4 Å². The minimum absolute atomic E-state index is 0.112. The van der Waals surface area contributed by atoms with Crippen LogP contribution in [0.15, 0.2) is 48.5 Å². The zero-order valence-electron chi connectivity index (χ0n) is 17.8. The molecule has 1 aliphatic carbocycles. The van der Waals surface area contributed by atoms with Gasteiger partial charge in [0.1, 0.15) is 5.75 Å². The highest BCUT2D eigenvalue weighted by Crippen LogP contribution is 2.23. The van der Waals surface area contributed by atoms with Crippen molar-refractivity contribution in [1.82, 2.24) is 10.6 Å². The van der Waals surface area contributed by atoms with E-state index >= 15 is 0 Å². The third-order valence-corrected chi connectivity index (χ3v) is 5.73. The largest absolute Gasteiger partial charge is 0.496 e. The van der Waals surface area contributed by atoms with Gasteiger partial charge in [0.2, 0.25) is 5.91 Å². The van der Waals surface area contributed by atoms with Gasteiger partial charge in [0, 0.05) is 23.4 Å². The first kappa shape index (κ1) is 23.8. The van der Waals surface area contributed by atoms with Gasteiger partial charge in [0.25, 0.3) is 5.91 Å². The van der Waals surface area contributed by atoms with Crippen molar-refractivity contribution in [3.05, 3.63) is 64.7 Å². The van der Waals surface area contributed by atoms with E-state index in [0.717, 1.165) is 31.2 Å². The normalized spacial score (nSPS) is 14.1. The molecule has 0 aliphatic heterocycles. The number of nitrogens with one attached hydrogen (secondary N) is 3. The molecule has 0 saturated heterocycles. The van der Waals surface area contributed by atoms with E-state index in [1.807, 2.05) is 24.3 Å². The van der Waals surface area contributed by atoms with Gasteiger partial charge >= 0.3 is 0 Å². The summed E-state index contributed by atoms with van der Waals surface area (Å²) in [5.41, 5.74) is 1.70. The molecule has 0 atom stereocenters. The van der Waals surface area contributed by atoms with Crippen LogP contribution in [0.5, 0.6) is 5.75 Å². The van der Waals surface area contributed by atoms with Crippen LogP contribution in [-0.2, 0) is 4.79 Å². The number of para-hydroxylation sites is 1. The van der Waals surface area contributed by atoms with Crippen molar-refractivity contribution in [3.8, 4) is 5.75 Å². The SMILES string of the molecule is COc1ccccc1/C=C/C(=O)NC(=S)Nc1ccc(Cl)c(C(=O)NC2CCCCC2)c1. The third kappa shape index (κ3) is 6.80. The van der Waals surface area contributed by atoms with Crippen molar-refractivity contribution < 1.29 is 14.3 Å². The van der Waals surface area contributed by atoms with E-state index in [2.05, 4.69) is 16.0 Å². The first-order valence-corrected chi connectivity index (χ1v) is 11.3. The van der Waals surface area contributed by atoms with E-state index in [0.29, 0.717) is 22.0 Å². The molecule has 0 radical (unpaired) electrons. The lowest BCUT2D eigenvalue weighted by Gasteiger charge is -2.23. The minimum atomic E-state index is -0.391. The molecule has 8 heteroatoms. The summed E-state index contributed by atoms with van der Waals surface area (Å²) in [4.78, 5) is 24.9. The second-order valence-corrected chi connectivity index (χ2v) is 8.34. The van der Waals surface area contributed by atoms with Gasteiger partial charge in [-0.25, -0.2) is 0 Å². The molecule has 2 aromatic carbocycles. The molecule has 3 rings (SSSR count). The zero-order chi connectivity index (χ0) is 22.9. The molecule has 0 aromatic heterocycles. The lowest BCUT2D eigenvalue weighted by Crippen LogP contribution is -2.36. The average Bonchev–Trinajstić information content (AvgIpc) is 2.79. The smallest absolute Gasteiger partial charge is 0.253 e. The second kappa shape index (κ2) is 11.6. The molecule has 2 amide bonds. The van der Waals surface area contributed by atoms with Gasteiger partial charge in [-0.05, 0) is 55.4 Å². The number of carbonyl (C=O) groups is 2. The van der Waals surface area contributed by atoms with Gasteiger partial charge in [-0.1, -0.05) is 49.1 Å². The number of hydrogen-bond acceptors (Lipinski definition) is 4. The van der Waals surface area contributed by atoms with Crippen LogP contribution in [-0.4, -0.2) is 30.1 Å². The Hall–Kier alpha value is -2.90. The maximum atomic E-state index is 12.7. The van der Waals surface area contributed by atoms with Crippen molar-refractivity contribution in [2.75, 3.05) is 12.4 Å². The van der Waals surface area contributed by atoms with E-state index in [4.69, 9.17) is 28.6 Å². The first-order valence-electron chi connectivity index (χ1n) is 10.5. The van der Waals surface area contributed by atoms with E-state index in [1.54, 1.807) is 31.4 Å². The number of hydrogen-bond donors (Lipinski definition) is 3. The lowest BCUT2D eigenvalue weighted by atomic mass is 9.95. The van der Waals surface area contributed by atoms with Gasteiger partial charge in [-0.3, -0.25) is 14.9 Å². The maximum Gasteiger partial charge on any atom is 0.253 e. The number of benzene rings is 2.